The summed E-state index contributed by atoms with van der Waals surface area (Å²) in [4.78, 5) is 1.56. The SMILES string of the molecule is Br[C@@H]1[C@@H](Br)[C@@H]2C[C@H]1[C@H]1CCC[C@H]12. The predicted octanol–water partition coefficient (Wildman–Crippen LogP) is 3.58. The molecule has 6 atom stereocenters. The van der Waals surface area contributed by atoms with Gasteiger partial charge in [-0.05, 0) is 42.9 Å². The maximum Gasteiger partial charge on any atom is 0.0304 e. The van der Waals surface area contributed by atoms with E-state index in [0.29, 0.717) is 0 Å². The van der Waals surface area contributed by atoms with E-state index in [2.05, 4.69) is 31.9 Å². The van der Waals surface area contributed by atoms with Gasteiger partial charge in [0.05, 0.1) is 0 Å². The highest BCUT2D eigenvalue weighted by atomic mass is 79.9. The van der Waals surface area contributed by atoms with Crippen molar-refractivity contribution in [2.75, 3.05) is 0 Å². The number of hydrogen-bond donors (Lipinski definition) is 0. The second-order valence-electron chi connectivity index (χ2n) is 4.71. The van der Waals surface area contributed by atoms with Crippen molar-refractivity contribution in [3.05, 3.63) is 0 Å². The van der Waals surface area contributed by atoms with Crippen LogP contribution in [-0.4, -0.2) is 9.65 Å². The van der Waals surface area contributed by atoms with E-state index in [1.54, 1.807) is 0 Å². The van der Waals surface area contributed by atoms with Crippen LogP contribution in [0.5, 0.6) is 0 Å². The van der Waals surface area contributed by atoms with Crippen LogP contribution in [0.3, 0.4) is 0 Å². The first-order valence-electron chi connectivity index (χ1n) is 5.07. The van der Waals surface area contributed by atoms with E-state index in [9.17, 15) is 0 Å². The third kappa shape index (κ3) is 0.890. The standard InChI is InChI=1S/C10H14Br2/c11-9-7-4-8(10(9)12)6-3-1-2-5(6)7/h5-10H,1-4H2/t5-,6+,7-,8+,9-,10-/m0/s1. The van der Waals surface area contributed by atoms with E-state index < -0.39 is 0 Å². The summed E-state index contributed by atoms with van der Waals surface area (Å²) in [6.45, 7) is 0. The summed E-state index contributed by atoms with van der Waals surface area (Å²) in [5, 5.41) is 0. The third-order valence-electron chi connectivity index (χ3n) is 4.39. The molecule has 2 heteroatoms. The van der Waals surface area contributed by atoms with Crippen molar-refractivity contribution >= 4 is 31.9 Å². The molecule has 68 valence electrons. The van der Waals surface area contributed by atoms with Crippen LogP contribution in [0.1, 0.15) is 25.7 Å². The van der Waals surface area contributed by atoms with E-state index >= 15 is 0 Å². The molecular formula is C10H14Br2. The summed E-state index contributed by atoms with van der Waals surface area (Å²) in [5.41, 5.74) is 0. The molecule has 0 aromatic heterocycles. The zero-order valence-corrected chi connectivity index (χ0v) is 10.2. The highest BCUT2D eigenvalue weighted by Gasteiger charge is 2.57. The zero-order valence-electron chi connectivity index (χ0n) is 7.05. The van der Waals surface area contributed by atoms with Gasteiger partial charge in [-0.15, -0.1) is 0 Å². The van der Waals surface area contributed by atoms with Crippen LogP contribution in [0.25, 0.3) is 0 Å². The molecule has 0 amide bonds. The van der Waals surface area contributed by atoms with Gasteiger partial charge in [-0.25, -0.2) is 0 Å². The van der Waals surface area contributed by atoms with Crippen LogP contribution in [0.4, 0.5) is 0 Å². The van der Waals surface area contributed by atoms with Crippen LogP contribution in [0.2, 0.25) is 0 Å². The molecule has 0 heterocycles. The van der Waals surface area contributed by atoms with E-state index in [1.165, 1.54) is 25.7 Å². The first kappa shape index (κ1) is 8.28. The second kappa shape index (κ2) is 2.73. The van der Waals surface area contributed by atoms with Gasteiger partial charge in [-0.1, -0.05) is 38.3 Å². The van der Waals surface area contributed by atoms with Crippen molar-refractivity contribution in [2.24, 2.45) is 23.7 Å². The summed E-state index contributed by atoms with van der Waals surface area (Å²) in [5.74, 6) is 4.19. The minimum absolute atomic E-state index is 0.779. The fraction of sp³-hybridized carbons (Fsp3) is 1.00. The molecule has 0 aromatic carbocycles. The Morgan fingerprint density at radius 1 is 0.750 bits per heavy atom. The Morgan fingerprint density at radius 2 is 1.25 bits per heavy atom. The van der Waals surface area contributed by atoms with E-state index in [1.807, 2.05) is 0 Å². The van der Waals surface area contributed by atoms with Gasteiger partial charge in [0.1, 0.15) is 0 Å². The second-order valence-corrected chi connectivity index (χ2v) is 6.83. The Kier molecular flexibility index (Phi) is 1.88. The Hall–Kier alpha value is 0.960. The maximum atomic E-state index is 3.85. The van der Waals surface area contributed by atoms with Gasteiger partial charge in [-0.3, -0.25) is 0 Å². The molecule has 0 N–H and O–H groups in total. The third-order valence-corrected chi connectivity index (χ3v) is 7.60. The van der Waals surface area contributed by atoms with Crippen molar-refractivity contribution in [1.82, 2.24) is 0 Å². The summed E-state index contributed by atoms with van der Waals surface area (Å²) >= 11 is 7.70. The Labute approximate surface area is 90.7 Å². The maximum absolute atomic E-state index is 3.85. The molecule has 0 spiro atoms. The lowest BCUT2D eigenvalue weighted by Gasteiger charge is -2.32. The van der Waals surface area contributed by atoms with Gasteiger partial charge < -0.3 is 0 Å². The smallest absolute Gasteiger partial charge is 0.0304 e. The minimum Gasteiger partial charge on any atom is -0.0875 e. The van der Waals surface area contributed by atoms with Gasteiger partial charge in [-0.2, -0.15) is 0 Å². The van der Waals surface area contributed by atoms with Crippen LogP contribution in [0, 0.1) is 23.7 Å². The monoisotopic (exact) mass is 292 g/mol. The normalized spacial score (nSPS) is 62.5. The molecule has 0 radical (unpaired) electrons. The number of alkyl halides is 2. The molecule has 3 saturated carbocycles. The highest BCUT2D eigenvalue weighted by Crippen LogP contribution is 2.62. The summed E-state index contributed by atoms with van der Waals surface area (Å²) in [7, 11) is 0. The van der Waals surface area contributed by atoms with Gasteiger partial charge in [0.2, 0.25) is 0 Å². The van der Waals surface area contributed by atoms with Gasteiger partial charge in [0, 0.05) is 9.65 Å². The van der Waals surface area contributed by atoms with Crippen LogP contribution >= 0.6 is 31.9 Å². The first-order valence-corrected chi connectivity index (χ1v) is 6.90. The molecule has 0 unspecified atom stereocenters. The van der Waals surface area contributed by atoms with E-state index in [4.69, 9.17) is 0 Å². The quantitative estimate of drug-likeness (QED) is 0.599. The Morgan fingerprint density at radius 3 is 1.75 bits per heavy atom. The van der Waals surface area contributed by atoms with E-state index in [-0.39, 0.29) is 0 Å². The lowest BCUT2D eigenvalue weighted by molar-refractivity contribution is 0.277. The molecule has 0 aromatic rings. The summed E-state index contributed by atoms with van der Waals surface area (Å²) < 4.78 is 0. The van der Waals surface area contributed by atoms with Gasteiger partial charge in [0.15, 0.2) is 0 Å². The molecule has 3 rings (SSSR count). The van der Waals surface area contributed by atoms with Crippen LogP contribution < -0.4 is 0 Å². The summed E-state index contributed by atoms with van der Waals surface area (Å²) in [6, 6.07) is 0. The fourth-order valence-electron chi connectivity index (χ4n) is 3.95. The Bertz CT molecular complexity index is 184. The van der Waals surface area contributed by atoms with Crippen molar-refractivity contribution in [1.29, 1.82) is 0 Å². The Balaban J connectivity index is 1.92. The highest BCUT2D eigenvalue weighted by molar-refractivity contribution is 9.12. The lowest BCUT2D eigenvalue weighted by Crippen LogP contribution is -2.32. The first-order chi connectivity index (χ1) is 5.79. The number of rotatable bonds is 0. The van der Waals surface area contributed by atoms with Crippen molar-refractivity contribution in [2.45, 2.75) is 35.3 Å². The average Bonchev–Trinajstić information content (AvgIpc) is 2.63. The fourth-order valence-corrected chi connectivity index (χ4v) is 5.95. The average molecular weight is 294 g/mol. The molecule has 12 heavy (non-hydrogen) atoms. The summed E-state index contributed by atoms with van der Waals surface area (Å²) in [6.07, 6.45) is 6.05. The molecular weight excluding hydrogens is 280 g/mol. The molecule has 0 nitrogen and oxygen atoms in total. The molecule has 3 aliphatic rings. The van der Waals surface area contributed by atoms with Gasteiger partial charge in [0.25, 0.3) is 0 Å². The number of fused-ring (bicyclic) bond motifs is 5. The minimum atomic E-state index is 0.779. The largest absolute Gasteiger partial charge is 0.0875 e. The van der Waals surface area contributed by atoms with Crippen LogP contribution in [-0.2, 0) is 0 Å². The van der Waals surface area contributed by atoms with Gasteiger partial charge >= 0.3 is 0 Å². The van der Waals surface area contributed by atoms with Crippen molar-refractivity contribution in [3.63, 3.8) is 0 Å². The van der Waals surface area contributed by atoms with Crippen molar-refractivity contribution < 1.29 is 0 Å². The number of hydrogen-bond acceptors (Lipinski definition) is 0. The van der Waals surface area contributed by atoms with Crippen LogP contribution in [0.15, 0.2) is 0 Å². The molecule has 3 aliphatic carbocycles. The molecule has 0 aliphatic heterocycles. The topological polar surface area (TPSA) is 0 Å². The number of halogens is 2. The van der Waals surface area contributed by atoms with E-state index in [0.717, 1.165) is 33.3 Å². The molecule has 2 bridgehead atoms. The lowest BCUT2D eigenvalue weighted by atomic mass is 9.82. The predicted molar refractivity (Wildman–Crippen MR) is 57.9 cm³/mol. The zero-order chi connectivity index (χ0) is 8.29. The molecule has 3 fully saturated rings. The molecule has 0 saturated heterocycles. The van der Waals surface area contributed by atoms with Crippen molar-refractivity contribution in [3.8, 4) is 0 Å².